The maximum absolute atomic E-state index is 12.4. The SMILES string of the molecule is COC(=O)C1CCCN(C(=O)c2sc(C)nc2C)C1. The number of carbonyl (C=O) groups is 2. The van der Waals surface area contributed by atoms with E-state index in [0.717, 1.165) is 23.5 Å². The molecule has 0 bridgehead atoms. The number of esters is 1. The molecule has 0 aromatic carbocycles. The van der Waals surface area contributed by atoms with Crippen LogP contribution in [0.25, 0.3) is 0 Å². The van der Waals surface area contributed by atoms with Crippen molar-refractivity contribution < 1.29 is 14.3 Å². The van der Waals surface area contributed by atoms with E-state index in [1.54, 1.807) is 4.90 Å². The quantitative estimate of drug-likeness (QED) is 0.776. The van der Waals surface area contributed by atoms with Gasteiger partial charge in [-0.25, -0.2) is 4.98 Å². The van der Waals surface area contributed by atoms with Gasteiger partial charge in [0.25, 0.3) is 5.91 Å². The molecule has 5 nitrogen and oxygen atoms in total. The highest BCUT2D eigenvalue weighted by Crippen LogP contribution is 2.23. The fourth-order valence-corrected chi connectivity index (χ4v) is 3.28. The van der Waals surface area contributed by atoms with E-state index in [1.807, 2.05) is 13.8 Å². The molecule has 1 aromatic heterocycles. The van der Waals surface area contributed by atoms with Crippen LogP contribution in [0.3, 0.4) is 0 Å². The summed E-state index contributed by atoms with van der Waals surface area (Å²) in [7, 11) is 1.39. The number of methoxy groups -OCH3 is 1. The molecule has 1 fully saturated rings. The van der Waals surface area contributed by atoms with Gasteiger partial charge in [-0.3, -0.25) is 9.59 Å². The average Bonchev–Trinajstić information content (AvgIpc) is 2.76. The lowest BCUT2D eigenvalue weighted by atomic mass is 9.98. The van der Waals surface area contributed by atoms with Gasteiger partial charge in [-0.1, -0.05) is 0 Å². The Morgan fingerprint density at radius 3 is 2.74 bits per heavy atom. The second kappa shape index (κ2) is 5.69. The van der Waals surface area contributed by atoms with E-state index >= 15 is 0 Å². The standard InChI is InChI=1S/C13H18N2O3S/c1-8-11(19-9(2)14-8)12(16)15-6-4-5-10(7-15)13(17)18-3/h10H,4-7H2,1-3H3. The highest BCUT2D eigenvalue weighted by atomic mass is 32.1. The second-order valence-corrected chi connectivity index (χ2v) is 5.96. The first-order valence-corrected chi connectivity index (χ1v) is 7.15. The summed E-state index contributed by atoms with van der Waals surface area (Å²) in [6.07, 6.45) is 1.62. The first-order valence-electron chi connectivity index (χ1n) is 6.34. The van der Waals surface area contributed by atoms with Gasteiger partial charge in [0, 0.05) is 13.1 Å². The summed E-state index contributed by atoms with van der Waals surface area (Å²) in [4.78, 5) is 30.7. The number of rotatable bonds is 2. The highest BCUT2D eigenvalue weighted by molar-refractivity contribution is 7.13. The van der Waals surface area contributed by atoms with Crippen molar-refractivity contribution in [3.63, 3.8) is 0 Å². The highest BCUT2D eigenvalue weighted by Gasteiger charge is 2.30. The van der Waals surface area contributed by atoms with Crippen LogP contribution in [0.4, 0.5) is 0 Å². The first kappa shape index (κ1) is 14.0. The van der Waals surface area contributed by atoms with Gasteiger partial charge in [-0.15, -0.1) is 11.3 Å². The second-order valence-electron chi connectivity index (χ2n) is 4.76. The maximum atomic E-state index is 12.4. The molecule has 1 aromatic rings. The van der Waals surface area contributed by atoms with Gasteiger partial charge in [-0.05, 0) is 26.7 Å². The normalized spacial score (nSPS) is 19.3. The first-order chi connectivity index (χ1) is 9.02. The molecule has 1 saturated heterocycles. The number of hydrogen-bond acceptors (Lipinski definition) is 5. The molecule has 1 aliphatic rings. The van der Waals surface area contributed by atoms with Gasteiger partial charge in [0.15, 0.2) is 0 Å². The molecule has 6 heteroatoms. The van der Waals surface area contributed by atoms with Gasteiger partial charge in [0.2, 0.25) is 0 Å². The van der Waals surface area contributed by atoms with E-state index in [2.05, 4.69) is 4.98 Å². The molecule has 0 spiro atoms. The number of aromatic nitrogens is 1. The van der Waals surface area contributed by atoms with E-state index in [0.29, 0.717) is 18.0 Å². The van der Waals surface area contributed by atoms with E-state index in [4.69, 9.17) is 4.74 Å². The van der Waals surface area contributed by atoms with Crippen LogP contribution >= 0.6 is 11.3 Å². The van der Waals surface area contributed by atoms with Crippen molar-refractivity contribution in [2.45, 2.75) is 26.7 Å². The van der Waals surface area contributed by atoms with Crippen LogP contribution in [0.1, 0.15) is 33.2 Å². The van der Waals surface area contributed by atoms with Crippen LogP contribution in [0, 0.1) is 19.8 Å². The Balaban J connectivity index is 2.11. The Labute approximate surface area is 116 Å². The molecule has 0 aliphatic carbocycles. The number of carbonyl (C=O) groups excluding carboxylic acids is 2. The number of amides is 1. The zero-order valence-electron chi connectivity index (χ0n) is 11.4. The Kier molecular flexibility index (Phi) is 4.19. The number of ether oxygens (including phenoxy) is 1. The number of likely N-dealkylation sites (tertiary alicyclic amines) is 1. The minimum atomic E-state index is -0.227. The summed E-state index contributed by atoms with van der Waals surface area (Å²) in [5, 5.41) is 0.891. The summed E-state index contributed by atoms with van der Waals surface area (Å²) in [6.45, 7) is 4.88. The summed E-state index contributed by atoms with van der Waals surface area (Å²) < 4.78 is 4.76. The largest absolute Gasteiger partial charge is 0.469 e. The number of aryl methyl sites for hydroxylation is 2. The van der Waals surface area contributed by atoms with Crippen LogP contribution in [-0.2, 0) is 9.53 Å². The predicted molar refractivity (Wildman–Crippen MR) is 72.2 cm³/mol. The molecule has 2 heterocycles. The van der Waals surface area contributed by atoms with Crippen LogP contribution in [-0.4, -0.2) is 42.0 Å². The molecule has 1 aliphatic heterocycles. The third-order valence-corrected chi connectivity index (χ3v) is 4.40. The summed E-state index contributed by atoms with van der Waals surface area (Å²) in [5.41, 5.74) is 0.771. The van der Waals surface area contributed by atoms with Gasteiger partial charge >= 0.3 is 5.97 Å². The number of hydrogen-bond donors (Lipinski definition) is 0. The third-order valence-electron chi connectivity index (χ3n) is 3.34. The van der Waals surface area contributed by atoms with Crippen molar-refractivity contribution in [2.75, 3.05) is 20.2 Å². The van der Waals surface area contributed by atoms with Crippen molar-refractivity contribution in [1.29, 1.82) is 0 Å². The fraction of sp³-hybridized carbons (Fsp3) is 0.615. The summed E-state index contributed by atoms with van der Waals surface area (Å²) in [5.74, 6) is -0.441. The number of thiazole rings is 1. The minimum Gasteiger partial charge on any atom is -0.469 e. The smallest absolute Gasteiger partial charge is 0.310 e. The van der Waals surface area contributed by atoms with Gasteiger partial charge in [0.1, 0.15) is 4.88 Å². The fourth-order valence-electron chi connectivity index (χ4n) is 2.39. The minimum absolute atomic E-state index is 0.0169. The zero-order chi connectivity index (χ0) is 14.0. The van der Waals surface area contributed by atoms with Gasteiger partial charge in [0.05, 0.1) is 23.7 Å². The number of piperidine rings is 1. The van der Waals surface area contributed by atoms with Crippen LogP contribution in [0.2, 0.25) is 0 Å². The summed E-state index contributed by atoms with van der Waals surface area (Å²) >= 11 is 1.41. The van der Waals surface area contributed by atoms with Crippen LogP contribution in [0.5, 0.6) is 0 Å². The third kappa shape index (κ3) is 2.94. The topological polar surface area (TPSA) is 59.5 Å². The predicted octanol–water partition coefficient (Wildman–Crippen LogP) is 1.79. The zero-order valence-corrected chi connectivity index (χ0v) is 12.2. The van der Waals surface area contributed by atoms with Crippen LogP contribution < -0.4 is 0 Å². The molecule has 19 heavy (non-hydrogen) atoms. The van der Waals surface area contributed by atoms with E-state index in [9.17, 15) is 9.59 Å². The van der Waals surface area contributed by atoms with Crippen molar-refractivity contribution in [2.24, 2.45) is 5.92 Å². The number of nitrogens with zero attached hydrogens (tertiary/aromatic N) is 2. The molecule has 2 rings (SSSR count). The van der Waals surface area contributed by atoms with Gasteiger partial charge in [-0.2, -0.15) is 0 Å². The molecular weight excluding hydrogens is 264 g/mol. The lowest BCUT2D eigenvalue weighted by Gasteiger charge is -2.31. The van der Waals surface area contributed by atoms with Crippen molar-refractivity contribution in [1.82, 2.24) is 9.88 Å². The monoisotopic (exact) mass is 282 g/mol. The molecule has 0 radical (unpaired) electrons. The lowest BCUT2D eigenvalue weighted by Crippen LogP contribution is -2.42. The molecule has 1 amide bonds. The molecule has 1 atom stereocenters. The Hall–Kier alpha value is -1.43. The Morgan fingerprint density at radius 2 is 2.16 bits per heavy atom. The van der Waals surface area contributed by atoms with Gasteiger partial charge < -0.3 is 9.64 Å². The van der Waals surface area contributed by atoms with Crippen LogP contribution in [0.15, 0.2) is 0 Å². The van der Waals surface area contributed by atoms with E-state index in [1.165, 1.54) is 18.4 Å². The lowest BCUT2D eigenvalue weighted by molar-refractivity contribution is -0.146. The average molecular weight is 282 g/mol. The van der Waals surface area contributed by atoms with Crippen molar-refractivity contribution in [3.8, 4) is 0 Å². The summed E-state index contributed by atoms with van der Waals surface area (Å²) in [6, 6.07) is 0. The van der Waals surface area contributed by atoms with E-state index < -0.39 is 0 Å². The molecule has 0 saturated carbocycles. The van der Waals surface area contributed by atoms with Crippen molar-refractivity contribution in [3.05, 3.63) is 15.6 Å². The Morgan fingerprint density at radius 1 is 1.42 bits per heavy atom. The molecule has 104 valence electrons. The molecular formula is C13H18N2O3S. The molecule has 1 unspecified atom stereocenters. The maximum Gasteiger partial charge on any atom is 0.310 e. The van der Waals surface area contributed by atoms with E-state index in [-0.39, 0.29) is 17.8 Å². The Bertz CT molecular complexity index is 498. The van der Waals surface area contributed by atoms with Crippen molar-refractivity contribution >= 4 is 23.2 Å². The molecule has 0 N–H and O–H groups in total.